The molecule has 1 aromatic carbocycles. The van der Waals surface area contributed by atoms with E-state index >= 15 is 0 Å². The molecule has 3 N–H and O–H groups in total. The molecule has 2 rings (SSSR count). The number of Topliss-reactive ketones (excluding diaryl/α,β-unsaturated/α-hetero) is 1. The van der Waals surface area contributed by atoms with Crippen LogP contribution in [0.4, 0.5) is 0 Å². The second-order valence-electron chi connectivity index (χ2n) is 4.09. The third-order valence-corrected chi connectivity index (χ3v) is 3.65. The van der Waals surface area contributed by atoms with E-state index in [0.29, 0.717) is 5.02 Å². The van der Waals surface area contributed by atoms with Crippen LogP contribution in [0.3, 0.4) is 0 Å². The van der Waals surface area contributed by atoms with Crippen molar-refractivity contribution in [2.24, 2.45) is 11.7 Å². The van der Waals surface area contributed by atoms with Gasteiger partial charge in [0.15, 0.2) is 5.78 Å². The number of nitrogens with two attached hydrogens (primary N) is 1. The monoisotopic (exact) mass is 273 g/mol. The molecular weight excluding hydrogens is 265 g/mol. The lowest BCUT2D eigenvalue weighted by molar-refractivity contribution is -0.138. The molecule has 2 unspecified atom stereocenters. The molecule has 1 aromatic rings. The molecule has 0 aromatic heterocycles. The summed E-state index contributed by atoms with van der Waals surface area (Å²) in [4.78, 5) is 22.8. The van der Waals surface area contributed by atoms with Crippen LogP contribution in [0, 0.1) is 5.92 Å². The molecule has 1 saturated carbocycles. The van der Waals surface area contributed by atoms with Crippen LogP contribution in [-0.2, 0) is 4.79 Å². The van der Waals surface area contributed by atoms with Gasteiger partial charge >= 0.3 is 5.97 Å². The van der Waals surface area contributed by atoms with Crippen molar-refractivity contribution in [1.29, 1.82) is 0 Å². The minimum absolute atomic E-state index is 0.154. The first-order valence-electron chi connectivity index (χ1n) is 4.88. The quantitative estimate of drug-likeness (QED) is 0.826. The summed E-state index contributed by atoms with van der Waals surface area (Å²) >= 11 is 11.5. The van der Waals surface area contributed by atoms with Gasteiger partial charge in [0, 0.05) is 5.56 Å². The normalized spacial score (nSPS) is 26.6. The van der Waals surface area contributed by atoms with Crippen LogP contribution in [0.1, 0.15) is 16.8 Å². The highest BCUT2D eigenvalue weighted by atomic mass is 35.5. The fraction of sp³-hybridized carbons (Fsp3) is 0.273. The Balaban J connectivity index is 2.27. The van der Waals surface area contributed by atoms with Gasteiger partial charge in [-0.2, -0.15) is 0 Å². The number of carboxylic acids is 1. The van der Waals surface area contributed by atoms with Crippen LogP contribution in [0.5, 0.6) is 0 Å². The molecule has 1 aliphatic rings. The van der Waals surface area contributed by atoms with Crippen molar-refractivity contribution in [2.75, 3.05) is 0 Å². The van der Waals surface area contributed by atoms with E-state index in [4.69, 9.17) is 34.0 Å². The minimum Gasteiger partial charge on any atom is -0.481 e. The molecule has 6 heteroatoms. The molecule has 90 valence electrons. The highest BCUT2D eigenvalue weighted by Gasteiger charge is 2.61. The zero-order valence-corrected chi connectivity index (χ0v) is 10.1. The van der Waals surface area contributed by atoms with Gasteiger partial charge in [-0.05, 0) is 24.6 Å². The van der Waals surface area contributed by atoms with E-state index in [1.807, 2.05) is 0 Å². The van der Waals surface area contributed by atoms with Crippen LogP contribution >= 0.6 is 23.2 Å². The van der Waals surface area contributed by atoms with Crippen molar-refractivity contribution in [3.05, 3.63) is 33.8 Å². The summed E-state index contributed by atoms with van der Waals surface area (Å²) in [6.45, 7) is 0. The van der Waals surface area contributed by atoms with Crippen LogP contribution in [0.2, 0.25) is 10.0 Å². The smallest absolute Gasteiger partial charge is 0.308 e. The third-order valence-electron chi connectivity index (χ3n) is 2.91. The number of aliphatic carboxylic acids is 1. The van der Waals surface area contributed by atoms with Crippen LogP contribution in [0.15, 0.2) is 18.2 Å². The number of rotatable bonds is 3. The molecule has 1 fully saturated rings. The second kappa shape index (κ2) is 3.98. The van der Waals surface area contributed by atoms with Gasteiger partial charge in [-0.15, -0.1) is 0 Å². The molecule has 0 radical (unpaired) electrons. The molecule has 0 bridgehead atoms. The molecule has 2 atom stereocenters. The van der Waals surface area contributed by atoms with Crippen LogP contribution < -0.4 is 5.73 Å². The van der Waals surface area contributed by atoms with E-state index in [9.17, 15) is 9.59 Å². The molecular formula is C11H9Cl2NO3. The summed E-state index contributed by atoms with van der Waals surface area (Å²) in [7, 11) is 0. The van der Waals surface area contributed by atoms with E-state index in [0.717, 1.165) is 0 Å². The first kappa shape index (κ1) is 12.4. The number of hydrogen-bond acceptors (Lipinski definition) is 3. The maximum atomic E-state index is 12.0. The SMILES string of the molecule is NC1(C(=O)c2ccc(Cl)c(Cl)c2)CC1C(=O)O. The van der Waals surface area contributed by atoms with E-state index in [1.54, 1.807) is 0 Å². The Labute approximate surface area is 107 Å². The maximum Gasteiger partial charge on any atom is 0.308 e. The van der Waals surface area contributed by atoms with Gasteiger partial charge in [-0.1, -0.05) is 23.2 Å². The highest BCUT2D eigenvalue weighted by molar-refractivity contribution is 6.42. The molecule has 4 nitrogen and oxygen atoms in total. The van der Waals surface area contributed by atoms with Crippen molar-refractivity contribution in [1.82, 2.24) is 0 Å². The fourth-order valence-electron chi connectivity index (χ4n) is 1.74. The van der Waals surface area contributed by atoms with Crippen LogP contribution in [0.25, 0.3) is 0 Å². The number of benzene rings is 1. The summed E-state index contributed by atoms with van der Waals surface area (Å²) in [6, 6.07) is 4.37. The third kappa shape index (κ3) is 2.04. The number of carbonyl (C=O) groups is 2. The van der Waals surface area contributed by atoms with E-state index in [-0.39, 0.29) is 17.0 Å². The lowest BCUT2D eigenvalue weighted by atomic mass is 10.0. The maximum absolute atomic E-state index is 12.0. The molecule has 0 amide bonds. The molecule has 0 aliphatic heterocycles. The molecule has 17 heavy (non-hydrogen) atoms. The Hall–Kier alpha value is -1.10. The number of carbonyl (C=O) groups excluding carboxylic acids is 1. The van der Waals surface area contributed by atoms with Gasteiger partial charge in [-0.25, -0.2) is 0 Å². The highest BCUT2D eigenvalue weighted by Crippen LogP contribution is 2.44. The molecule has 0 spiro atoms. The number of halogens is 2. The number of carboxylic acid groups (broad SMARTS) is 1. The first-order chi connectivity index (χ1) is 7.86. The predicted molar refractivity (Wildman–Crippen MR) is 63.5 cm³/mol. The lowest BCUT2D eigenvalue weighted by Crippen LogP contribution is -2.37. The van der Waals surface area contributed by atoms with E-state index < -0.39 is 23.2 Å². The molecule has 1 aliphatic carbocycles. The molecule has 0 saturated heterocycles. The van der Waals surface area contributed by atoms with Gasteiger partial charge in [0.1, 0.15) is 0 Å². The average Bonchev–Trinajstić information content (AvgIpc) is 2.96. The Morgan fingerprint density at radius 1 is 1.35 bits per heavy atom. The summed E-state index contributed by atoms with van der Waals surface area (Å²) in [6.07, 6.45) is 0.154. The molecule has 0 heterocycles. The zero-order chi connectivity index (χ0) is 12.8. The summed E-state index contributed by atoms with van der Waals surface area (Å²) in [5.41, 5.74) is 4.73. The standard InChI is InChI=1S/C11H9Cl2NO3/c12-7-2-1-5(3-8(7)13)9(15)11(14)4-6(11)10(16)17/h1-3,6H,4,14H2,(H,16,17). The van der Waals surface area contributed by atoms with Gasteiger partial charge in [0.25, 0.3) is 0 Å². The van der Waals surface area contributed by atoms with E-state index in [2.05, 4.69) is 0 Å². The summed E-state index contributed by atoms with van der Waals surface area (Å²) in [5.74, 6) is -2.28. The van der Waals surface area contributed by atoms with Crippen molar-refractivity contribution in [3.63, 3.8) is 0 Å². The first-order valence-corrected chi connectivity index (χ1v) is 5.63. The second-order valence-corrected chi connectivity index (χ2v) is 4.91. The Morgan fingerprint density at radius 3 is 2.47 bits per heavy atom. The zero-order valence-electron chi connectivity index (χ0n) is 8.61. The van der Waals surface area contributed by atoms with Crippen LogP contribution in [-0.4, -0.2) is 22.4 Å². The van der Waals surface area contributed by atoms with Crippen molar-refractivity contribution in [3.8, 4) is 0 Å². The summed E-state index contributed by atoms with van der Waals surface area (Å²) in [5, 5.41) is 9.38. The topological polar surface area (TPSA) is 80.4 Å². The summed E-state index contributed by atoms with van der Waals surface area (Å²) < 4.78 is 0. The fourth-order valence-corrected chi connectivity index (χ4v) is 2.04. The minimum atomic E-state index is -1.30. The van der Waals surface area contributed by atoms with Gasteiger partial charge < -0.3 is 10.8 Å². The average molecular weight is 274 g/mol. The largest absolute Gasteiger partial charge is 0.481 e. The van der Waals surface area contributed by atoms with Crippen molar-refractivity contribution < 1.29 is 14.7 Å². The van der Waals surface area contributed by atoms with Gasteiger partial charge in [0.2, 0.25) is 0 Å². The Kier molecular flexibility index (Phi) is 2.89. The Bertz CT molecular complexity index is 517. The van der Waals surface area contributed by atoms with E-state index in [1.165, 1.54) is 18.2 Å². The lowest BCUT2D eigenvalue weighted by Gasteiger charge is -2.09. The van der Waals surface area contributed by atoms with Crippen molar-refractivity contribution in [2.45, 2.75) is 12.0 Å². The predicted octanol–water partition coefficient (Wildman–Crippen LogP) is 1.98. The van der Waals surface area contributed by atoms with Crippen molar-refractivity contribution >= 4 is 35.0 Å². The number of hydrogen-bond donors (Lipinski definition) is 2. The van der Waals surface area contributed by atoms with Gasteiger partial charge in [0.05, 0.1) is 21.5 Å². The van der Waals surface area contributed by atoms with Gasteiger partial charge in [-0.3, -0.25) is 9.59 Å². The number of ketones is 1. The Morgan fingerprint density at radius 2 is 2.00 bits per heavy atom.